The Bertz CT molecular complexity index is 205. The SMILES string of the molecule is COCC1C2CCC3(OCCO3)C21. The molecule has 2 aliphatic carbocycles. The van der Waals surface area contributed by atoms with Gasteiger partial charge in [-0.3, -0.25) is 0 Å². The van der Waals surface area contributed by atoms with Crippen molar-refractivity contribution in [3.63, 3.8) is 0 Å². The largest absolute Gasteiger partial charge is 0.384 e. The molecular formula is C10H16O3. The van der Waals surface area contributed by atoms with Crippen LogP contribution in [0.1, 0.15) is 12.8 Å². The molecule has 1 aliphatic heterocycles. The van der Waals surface area contributed by atoms with E-state index in [9.17, 15) is 0 Å². The van der Waals surface area contributed by atoms with Crippen LogP contribution >= 0.6 is 0 Å². The minimum Gasteiger partial charge on any atom is -0.384 e. The number of methoxy groups -OCH3 is 1. The molecule has 13 heavy (non-hydrogen) atoms. The Hall–Kier alpha value is -0.120. The van der Waals surface area contributed by atoms with Crippen LogP contribution in [-0.4, -0.2) is 32.7 Å². The van der Waals surface area contributed by atoms with Crippen molar-refractivity contribution in [1.29, 1.82) is 0 Å². The molecule has 3 nitrogen and oxygen atoms in total. The number of ether oxygens (including phenoxy) is 3. The zero-order valence-corrected chi connectivity index (χ0v) is 7.99. The van der Waals surface area contributed by atoms with Crippen molar-refractivity contribution < 1.29 is 14.2 Å². The first-order valence-electron chi connectivity index (χ1n) is 5.14. The second-order valence-electron chi connectivity index (χ2n) is 4.36. The first kappa shape index (κ1) is 8.21. The van der Waals surface area contributed by atoms with Crippen LogP contribution in [0.25, 0.3) is 0 Å². The number of hydrogen-bond donors (Lipinski definition) is 0. The predicted molar refractivity (Wildman–Crippen MR) is 46.2 cm³/mol. The van der Waals surface area contributed by atoms with E-state index in [1.807, 2.05) is 0 Å². The summed E-state index contributed by atoms with van der Waals surface area (Å²) in [5.74, 6) is 1.97. The van der Waals surface area contributed by atoms with Gasteiger partial charge in [-0.1, -0.05) is 0 Å². The van der Waals surface area contributed by atoms with Gasteiger partial charge in [0.25, 0.3) is 0 Å². The highest BCUT2D eigenvalue weighted by atomic mass is 16.7. The molecule has 3 rings (SSSR count). The van der Waals surface area contributed by atoms with Crippen molar-refractivity contribution in [1.82, 2.24) is 0 Å². The van der Waals surface area contributed by atoms with Crippen molar-refractivity contribution in [2.45, 2.75) is 18.6 Å². The lowest BCUT2D eigenvalue weighted by atomic mass is 10.1. The molecule has 2 saturated carbocycles. The Morgan fingerprint density at radius 3 is 2.85 bits per heavy atom. The molecule has 0 aromatic rings. The third kappa shape index (κ3) is 1.01. The molecule has 0 radical (unpaired) electrons. The fourth-order valence-corrected chi connectivity index (χ4v) is 3.25. The van der Waals surface area contributed by atoms with Gasteiger partial charge in [0.05, 0.1) is 13.2 Å². The normalized spacial score (nSPS) is 45.5. The predicted octanol–water partition coefficient (Wildman–Crippen LogP) is 1.03. The lowest BCUT2D eigenvalue weighted by Gasteiger charge is -2.24. The van der Waals surface area contributed by atoms with E-state index in [-0.39, 0.29) is 5.79 Å². The first-order chi connectivity index (χ1) is 6.37. The third-order valence-electron chi connectivity index (χ3n) is 3.80. The lowest BCUT2D eigenvalue weighted by Crippen LogP contribution is -2.31. The minimum atomic E-state index is -0.187. The zero-order valence-electron chi connectivity index (χ0n) is 7.99. The van der Waals surface area contributed by atoms with Crippen LogP contribution in [0.4, 0.5) is 0 Å². The molecule has 3 aliphatic rings. The highest BCUT2D eigenvalue weighted by Gasteiger charge is 2.68. The summed E-state index contributed by atoms with van der Waals surface area (Å²) < 4.78 is 16.7. The van der Waals surface area contributed by atoms with Gasteiger partial charge in [0.2, 0.25) is 0 Å². The molecule has 3 atom stereocenters. The molecule has 1 heterocycles. The van der Waals surface area contributed by atoms with Gasteiger partial charge in [0.15, 0.2) is 5.79 Å². The first-order valence-corrected chi connectivity index (χ1v) is 5.14. The van der Waals surface area contributed by atoms with E-state index in [0.29, 0.717) is 11.8 Å². The molecule has 3 fully saturated rings. The van der Waals surface area contributed by atoms with Crippen LogP contribution in [0.15, 0.2) is 0 Å². The highest BCUT2D eigenvalue weighted by Crippen LogP contribution is 2.64. The number of fused-ring (bicyclic) bond motifs is 2. The molecule has 0 bridgehead atoms. The van der Waals surface area contributed by atoms with E-state index < -0.39 is 0 Å². The molecule has 0 N–H and O–H groups in total. The standard InChI is InChI=1S/C10H16O3/c1-11-6-8-7-2-3-10(9(7)8)12-4-5-13-10/h7-9H,2-6H2,1H3. The van der Waals surface area contributed by atoms with Gasteiger partial charge in [-0.25, -0.2) is 0 Å². The van der Waals surface area contributed by atoms with Gasteiger partial charge in [-0.15, -0.1) is 0 Å². The van der Waals surface area contributed by atoms with Gasteiger partial charge < -0.3 is 14.2 Å². The summed E-state index contributed by atoms with van der Waals surface area (Å²) in [7, 11) is 1.77. The van der Waals surface area contributed by atoms with E-state index in [4.69, 9.17) is 14.2 Å². The summed E-state index contributed by atoms with van der Waals surface area (Å²) >= 11 is 0. The maximum absolute atomic E-state index is 5.75. The van der Waals surface area contributed by atoms with Gasteiger partial charge in [0, 0.05) is 26.1 Å². The fourth-order valence-electron chi connectivity index (χ4n) is 3.25. The summed E-state index contributed by atoms with van der Waals surface area (Å²) in [5, 5.41) is 0. The zero-order chi connectivity index (χ0) is 8.89. The van der Waals surface area contributed by atoms with Gasteiger partial charge in [0.1, 0.15) is 0 Å². The van der Waals surface area contributed by atoms with Crippen LogP contribution in [0, 0.1) is 17.8 Å². The van der Waals surface area contributed by atoms with Crippen LogP contribution in [0.3, 0.4) is 0 Å². The van der Waals surface area contributed by atoms with E-state index in [0.717, 1.165) is 32.2 Å². The van der Waals surface area contributed by atoms with E-state index >= 15 is 0 Å². The van der Waals surface area contributed by atoms with Crippen molar-refractivity contribution in [3.05, 3.63) is 0 Å². The fraction of sp³-hybridized carbons (Fsp3) is 1.00. The average molecular weight is 184 g/mol. The molecule has 3 unspecified atom stereocenters. The third-order valence-corrected chi connectivity index (χ3v) is 3.80. The molecule has 0 aromatic carbocycles. The molecule has 3 heteroatoms. The van der Waals surface area contributed by atoms with Crippen molar-refractivity contribution in [2.75, 3.05) is 26.9 Å². The maximum Gasteiger partial charge on any atom is 0.171 e. The summed E-state index contributed by atoms with van der Waals surface area (Å²) in [6.45, 7) is 2.44. The monoisotopic (exact) mass is 184 g/mol. The Morgan fingerprint density at radius 1 is 1.38 bits per heavy atom. The molecule has 0 amide bonds. The summed E-state index contributed by atoms with van der Waals surface area (Å²) in [5.41, 5.74) is 0. The van der Waals surface area contributed by atoms with E-state index in [1.54, 1.807) is 7.11 Å². The van der Waals surface area contributed by atoms with Gasteiger partial charge in [-0.2, -0.15) is 0 Å². The van der Waals surface area contributed by atoms with Crippen LogP contribution in [0.5, 0.6) is 0 Å². The topological polar surface area (TPSA) is 27.7 Å². The second kappa shape index (κ2) is 2.69. The Balaban J connectivity index is 1.72. The minimum absolute atomic E-state index is 0.187. The smallest absolute Gasteiger partial charge is 0.171 e. The molecule has 1 saturated heterocycles. The quantitative estimate of drug-likeness (QED) is 0.641. The molecule has 74 valence electrons. The number of hydrogen-bond acceptors (Lipinski definition) is 3. The molecule has 0 aromatic heterocycles. The van der Waals surface area contributed by atoms with Crippen molar-refractivity contribution >= 4 is 0 Å². The summed E-state index contributed by atoms with van der Waals surface area (Å²) in [4.78, 5) is 0. The van der Waals surface area contributed by atoms with Crippen LogP contribution in [-0.2, 0) is 14.2 Å². The van der Waals surface area contributed by atoms with Gasteiger partial charge >= 0.3 is 0 Å². The molecular weight excluding hydrogens is 168 g/mol. The maximum atomic E-state index is 5.75. The Kier molecular flexibility index (Phi) is 1.70. The van der Waals surface area contributed by atoms with E-state index in [2.05, 4.69) is 0 Å². The summed E-state index contributed by atoms with van der Waals surface area (Å²) in [6.07, 6.45) is 2.36. The summed E-state index contributed by atoms with van der Waals surface area (Å²) in [6, 6.07) is 0. The lowest BCUT2D eigenvalue weighted by molar-refractivity contribution is -0.172. The highest BCUT2D eigenvalue weighted by molar-refractivity contribution is 5.11. The van der Waals surface area contributed by atoms with Crippen LogP contribution < -0.4 is 0 Å². The van der Waals surface area contributed by atoms with Crippen molar-refractivity contribution in [3.8, 4) is 0 Å². The Morgan fingerprint density at radius 2 is 2.15 bits per heavy atom. The molecule has 1 spiro atoms. The van der Waals surface area contributed by atoms with Crippen molar-refractivity contribution in [2.24, 2.45) is 17.8 Å². The van der Waals surface area contributed by atoms with Gasteiger partial charge in [-0.05, 0) is 18.3 Å². The number of rotatable bonds is 2. The van der Waals surface area contributed by atoms with Crippen LogP contribution in [0.2, 0.25) is 0 Å². The second-order valence-corrected chi connectivity index (χ2v) is 4.36. The van der Waals surface area contributed by atoms with E-state index in [1.165, 1.54) is 6.42 Å². The average Bonchev–Trinajstić information content (AvgIpc) is 2.57. The Labute approximate surface area is 78.3 Å².